The second-order valence-corrected chi connectivity index (χ2v) is 21.3. The van der Waals surface area contributed by atoms with Crippen LogP contribution in [0.4, 0.5) is 0 Å². The lowest BCUT2D eigenvalue weighted by Crippen LogP contribution is -2.38. The summed E-state index contributed by atoms with van der Waals surface area (Å²) in [5.74, 6) is 5.54. The molecule has 4 atom stereocenters. The van der Waals surface area contributed by atoms with Crippen molar-refractivity contribution in [2.75, 3.05) is 61.0 Å². The Labute approximate surface area is 527 Å². The van der Waals surface area contributed by atoms with E-state index in [1.165, 1.54) is 6.42 Å². The Morgan fingerprint density at radius 3 is 1.09 bits per heavy atom. The molecule has 0 saturated heterocycles. The third-order valence-corrected chi connectivity index (χ3v) is 14.0. The summed E-state index contributed by atoms with van der Waals surface area (Å²) < 4.78 is 54.4. The Morgan fingerprint density at radius 1 is 0.391 bits per heavy atom. The summed E-state index contributed by atoms with van der Waals surface area (Å²) in [6.07, 6.45) is 25.5. The second kappa shape index (κ2) is 48.0. The van der Waals surface area contributed by atoms with Gasteiger partial charge in [-0.3, -0.25) is 0 Å². The Morgan fingerprint density at radius 2 is 0.713 bits per heavy atom. The lowest BCUT2D eigenvalue weighted by atomic mass is 9.94. The van der Waals surface area contributed by atoms with Crippen LogP contribution in [0.1, 0.15) is 194 Å². The van der Waals surface area contributed by atoms with Gasteiger partial charge in [0.05, 0.1) is 61.4 Å². The van der Waals surface area contributed by atoms with Gasteiger partial charge in [-0.1, -0.05) is 99.9 Å². The van der Waals surface area contributed by atoms with E-state index < -0.39 is 0 Å². The summed E-state index contributed by atoms with van der Waals surface area (Å²) in [6, 6.07) is 12.3. The third kappa shape index (κ3) is 31.6. The first-order valence-corrected chi connectivity index (χ1v) is 32.2. The number of hydrogen-bond acceptors (Lipinski definition) is 15. The zero-order valence-electron chi connectivity index (χ0n) is 57.9. The number of hydrogen-bond donors (Lipinski definition) is 0. The van der Waals surface area contributed by atoms with Gasteiger partial charge in [-0.05, 0) is 217 Å². The van der Waals surface area contributed by atoms with Crippen molar-refractivity contribution in [1.82, 2.24) is 0 Å². The van der Waals surface area contributed by atoms with Crippen LogP contribution in [0.5, 0.6) is 34.5 Å². The van der Waals surface area contributed by atoms with E-state index in [4.69, 9.17) is 57.1 Å². The van der Waals surface area contributed by atoms with E-state index in [2.05, 4.69) is 69.1 Å². The van der Waals surface area contributed by atoms with Crippen molar-refractivity contribution in [2.24, 2.45) is 15.5 Å². The van der Waals surface area contributed by atoms with Crippen LogP contribution in [0.15, 0.2) is 88.3 Å². The van der Waals surface area contributed by atoms with E-state index in [0.29, 0.717) is 39.6 Å². The lowest BCUT2D eigenvalue weighted by molar-refractivity contribution is -0.0344. The Balaban J connectivity index is 0.000000624. The highest BCUT2D eigenvalue weighted by atomic mass is 16.6. The van der Waals surface area contributed by atoms with E-state index in [1.807, 2.05) is 144 Å². The molecule has 0 N–H and O–H groups in total. The normalized spacial score (nSPS) is 19.5. The molecule has 0 bridgehead atoms. The molecular weight excluding hydrogens is 1100 g/mol. The minimum absolute atomic E-state index is 0.0567. The molecule has 3 aliphatic rings. The van der Waals surface area contributed by atoms with Gasteiger partial charge >= 0.3 is 0 Å². The van der Waals surface area contributed by atoms with E-state index in [0.717, 1.165) is 156 Å². The lowest BCUT2D eigenvalue weighted by Gasteiger charge is -2.32. The summed E-state index contributed by atoms with van der Waals surface area (Å²) >= 11 is 0. The largest absolute Gasteiger partial charge is 0.490 e. The number of benzene rings is 3. The topological polar surface area (TPSA) is 148 Å². The van der Waals surface area contributed by atoms with Gasteiger partial charge < -0.3 is 57.1 Å². The maximum atomic E-state index is 6.44. The fourth-order valence-corrected chi connectivity index (χ4v) is 10.1. The zero-order valence-corrected chi connectivity index (χ0v) is 57.9. The van der Waals surface area contributed by atoms with Crippen LogP contribution < -0.4 is 28.4 Å². The first-order valence-electron chi connectivity index (χ1n) is 32.2. The molecule has 0 spiro atoms. The average Bonchev–Trinajstić information content (AvgIpc) is 1.90. The van der Waals surface area contributed by atoms with Gasteiger partial charge in [-0.2, -0.15) is 0 Å². The van der Waals surface area contributed by atoms with Crippen molar-refractivity contribution < 1.29 is 57.1 Å². The van der Waals surface area contributed by atoms with Crippen LogP contribution >= 0.6 is 0 Å². The molecule has 15 nitrogen and oxygen atoms in total. The van der Waals surface area contributed by atoms with Crippen molar-refractivity contribution >= 4 is 17.1 Å². The zero-order chi connectivity index (χ0) is 64.9. The van der Waals surface area contributed by atoms with Gasteiger partial charge in [0.15, 0.2) is 0 Å². The average molecular weight is 1220 g/mol. The molecule has 4 unspecified atom stereocenters. The van der Waals surface area contributed by atoms with Crippen molar-refractivity contribution in [1.29, 1.82) is 0 Å². The van der Waals surface area contributed by atoms with E-state index in [1.54, 1.807) is 21.3 Å². The third-order valence-electron chi connectivity index (χ3n) is 14.0. The summed E-state index contributed by atoms with van der Waals surface area (Å²) in [5, 5.41) is 11.7. The van der Waals surface area contributed by atoms with Crippen LogP contribution in [0.2, 0.25) is 0 Å². The van der Waals surface area contributed by atoms with Gasteiger partial charge in [-0.25, -0.2) is 0 Å². The van der Waals surface area contributed by atoms with Crippen LogP contribution in [0.3, 0.4) is 0 Å². The molecule has 3 saturated carbocycles. The second-order valence-electron chi connectivity index (χ2n) is 21.3. The molecule has 0 radical (unpaired) electrons. The van der Waals surface area contributed by atoms with Crippen LogP contribution in [0.25, 0.3) is 0 Å². The number of ether oxygens (including phenoxy) is 9. The number of allylic oxidation sites excluding steroid dienone is 3. The standard InChI is InChI=1S/3C22H33NO4.3C2H6/c1-6-7-12-25-21-13-16(2)22(17(3)14-21)27-20-10-8-19(9-11-20)26-15-18(4)23-24-5;1-6-7-12-25-19-13-16(2)22(17(3)14-19)27-21-11-9-8-10-20(21)26-15-18(4)23-24-5;1-6-7-11-25-21-12-16(2)22(17(3)13-21)27-20-10-8-9-19(14-20)26-15-18(4)23-24-5;3*1-2/h6-7,13-14,19-20H,8-12,15H2,1-5H3;6-7,13-14,20-21H,8-12,15H2,1-5H3;6-7,12-13,19-20H,8-11,14-15H2,1-5H3;3*1-2H3/b3*7-6+,23-18-;;;. The molecular formula is C72H117N3O12. The monoisotopic (exact) mass is 1220 g/mol. The fourth-order valence-electron chi connectivity index (χ4n) is 10.1. The molecule has 3 aromatic carbocycles. The first-order chi connectivity index (χ1) is 42.1. The summed E-state index contributed by atoms with van der Waals surface area (Å²) in [5.41, 5.74) is 9.17. The highest BCUT2D eigenvalue weighted by Gasteiger charge is 2.30. The van der Waals surface area contributed by atoms with Crippen molar-refractivity contribution in [3.05, 3.63) is 106 Å². The molecule has 0 amide bonds. The van der Waals surface area contributed by atoms with Crippen LogP contribution in [-0.2, 0) is 28.7 Å². The molecule has 3 aromatic rings. The Bertz CT molecular complexity index is 2430. The van der Waals surface area contributed by atoms with Crippen molar-refractivity contribution in [2.45, 2.75) is 238 Å². The number of oxime groups is 3. The Kier molecular flexibility index (Phi) is 43.5. The van der Waals surface area contributed by atoms with E-state index in [-0.39, 0.29) is 36.6 Å². The molecule has 0 aliphatic heterocycles. The summed E-state index contributed by atoms with van der Waals surface area (Å²) in [4.78, 5) is 14.3. The van der Waals surface area contributed by atoms with Crippen molar-refractivity contribution in [3.63, 3.8) is 0 Å². The fraction of sp³-hybridized carbons (Fsp3) is 0.625. The molecule has 6 rings (SSSR count). The maximum absolute atomic E-state index is 6.44. The van der Waals surface area contributed by atoms with E-state index in [9.17, 15) is 0 Å². The number of nitrogens with zero attached hydrogens (tertiary/aromatic N) is 3. The molecule has 3 aliphatic carbocycles. The van der Waals surface area contributed by atoms with Crippen LogP contribution in [-0.4, -0.2) is 115 Å². The SMILES string of the molecule is C/C=C/COc1cc(C)c(OC2CCC(OC/C(C)=N\OC)CC2)c(C)c1.C/C=C/COc1cc(C)c(OC2CCCC(OC/C(C)=N\OC)C2)c(C)c1.C/C=C/COc1cc(C)c(OC2CCCCC2OC/C(C)=N\OC)c(C)c1.CC.CC.CC. The van der Waals surface area contributed by atoms with Crippen molar-refractivity contribution in [3.8, 4) is 34.5 Å². The first kappa shape index (κ1) is 79.0. The highest BCUT2D eigenvalue weighted by Crippen LogP contribution is 2.36. The maximum Gasteiger partial charge on any atom is 0.125 e. The number of rotatable bonds is 27. The van der Waals surface area contributed by atoms with Gasteiger partial charge in [-0.15, -0.1) is 0 Å². The van der Waals surface area contributed by atoms with Gasteiger partial charge in [0.1, 0.15) is 87.9 Å². The smallest absolute Gasteiger partial charge is 0.125 e. The predicted octanol–water partition coefficient (Wildman–Crippen LogP) is 18.0. The van der Waals surface area contributed by atoms with E-state index >= 15 is 0 Å². The molecule has 492 valence electrons. The van der Waals surface area contributed by atoms with Crippen LogP contribution in [0, 0.1) is 41.5 Å². The van der Waals surface area contributed by atoms with Gasteiger partial charge in [0.25, 0.3) is 0 Å². The summed E-state index contributed by atoms with van der Waals surface area (Å²) in [7, 11) is 4.65. The summed E-state index contributed by atoms with van der Waals surface area (Å²) in [6.45, 7) is 39.4. The molecule has 3 fully saturated rings. The quantitative estimate of drug-likeness (QED) is 0.0406. The molecule has 15 heteroatoms. The minimum Gasteiger partial charge on any atom is -0.490 e. The van der Waals surface area contributed by atoms with Gasteiger partial charge in [0.2, 0.25) is 0 Å². The molecule has 87 heavy (non-hydrogen) atoms. The predicted molar refractivity (Wildman–Crippen MR) is 361 cm³/mol. The minimum atomic E-state index is 0.0567. The number of aryl methyl sites for hydroxylation is 6. The highest BCUT2D eigenvalue weighted by molar-refractivity contribution is 5.83. The molecule has 0 heterocycles. The van der Waals surface area contributed by atoms with Gasteiger partial charge in [0, 0.05) is 6.42 Å². The molecule has 0 aromatic heterocycles. The Hall–Kier alpha value is -6.03.